The number of hydrogen-bond donors (Lipinski definition) is 3. The monoisotopic (exact) mass is 396 g/mol. The van der Waals surface area contributed by atoms with Crippen LogP contribution in [0.5, 0.6) is 11.8 Å². The fourth-order valence-corrected chi connectivity index (χ4v) is 4.57. The highest BCUT2D eigenvalue weighted by molar-refractivity contribution is 7.99. The lowest BCUT2D eigenvalue weighted by Gasteiger charge is -2.10. The molecule has 3 N–H and O–H groups in total. The summed E-state index contributed by atoms with van der Waals surface area (Å²) in [6, 6.07) is 1.63. The van der Waals surface area contributed by atoms with E-state index in [4.69, 9.17) is 0 Å². The summed E-state index contributed by atoms with van der Waals surface area (Å²) in [6.45, 7) is 3.45. The maximum absolute atomic E-state index is 12.0. The lowest BCUT2D eigenvalue weighted by atomic mass is 10.1. The zero-order valence-corrected chi connectivity index (χ0v) is 17.5. The molecule has 0 atom stereocenters. The fraction of sp³-hybridized carbons (Fsp3) is 0.762. The maximum Gasteiger partial charge on any atom is 0.223 e. The van der Waals surface area contributed by atoms with Crippen LogP contribution in [0.1, 0.15) is 77.6 Å². The SMILES string of the molecule is CCCCCCCCCn1c(O)cc(SCCNC(=O)C2CCCC2)c1O. The topological polar surface area (TPSA) is 74.5 Å². The molecule has 1 saturated carbocycles. The van der Waals surface area contributed by atoms with Gasteiger partial charge in [0.05, 0.1) is 4.90 Å². The first-order valence-corrected chi connectivity index (χ1v) is 11.6. The minimum Gasteiger partial charge on any atom is -0.494 e. The third kappa shape index (κ3) is 7.32. The number of nitrogens with zero attached hydrogens (tertiary/aromatic N) is 1. The Balaban J connectivity index is 1.65. The van der Waals surface area contributed by atoms with Crippen molar-refractivity contribution in [3.8, 4) is 11.8 Å². The van der Waals surface area contributed by atoms with Gasteiger partial charge in [0, 0.05) is 30.8 Å². The van der Waals surface area contributed by atoms with Gasteiger partial charge in [0.25, 0.3) is 0 Å². The first kappa shape index (κ1) is 22.0. The molecule has 5 nitrogen and oxygen atoms in total. The number of carbonyl (C=O) groups is 1. The van der Waals surface area contributed by atoms with Crippen LogP contribution in [0.4, 0.5) is 0 Å². The highest BCUT2D eigenvalue weighted by Gasteiger charge is 2.22. The van der Waals surface area contributed by atoms with Gasteiger partial charge in [-0.2, -0.15) is 0 Å². The van der Waals surface area contributed by atoms with Gasteiger partial charge in [-0.1, -0.05) is 58.3 Å². The Kier molecular flexibility index (Phi) is 9.95. The molecule has 0 bridgehead atoms. The number of rotatable bonds is 13. The Morgan fingerprint density at radius 3 is 2.52 bits per heavy atom. The van der Waals surface area contributed by atoms with E-state index < -0.39 is 0 Å². The molecule has 1 aromatic heterocycles. The Bertz CT molecular complexity index is 568. The molecule has 1 heterocycles. The molecule has 0 aromatic carbocycles. The van der Waals surface area contributed by atoms with Gasteiger partial charge in [-0.3, -0.25) is 9.36 Å². The number of amides is 1. The van der Waals surface area contributed by atoms with Crippen molar-refractivity contribution in [3.05, 3.63) is 6.07 Å². The minimum atomic E-state index is 0.121. The maximum atomic E-state index is 12.0. The molecule has 0 unspecified atom stereocenters. The van der Waals surface area contributed by atoms with Gasteiger partial charge in [-0.15, -0.1) is 11.8 Å². The predicted octanol–water partition coefficient (Wildman–Crippen LogP) is 5.05. The lowest BCUT2D eigenvalue weighted by molar-refractivity contribution is -0.124. The number of hydrogen-bond acceptors (Lipinski definition) is 4. The Labute approximate surface area is 167 Å². The van der Waals surface area contributed by atoms with Crippen LogP contribution < -0.4 is 5.32 Å². The number of unbranched alkanes of at least 4 members (excludes halogenated alkanes) is 6. The molecule has 1 amide bonds. The van der Waals surface area contributed by atoms with E-state index in [9.17, 15) is 15.0 Å². The molecule has 0 saturated heterocycles. The second kappa shape index (κ2) is 12.2. The van der Waals surface area contributed by atoms with E-state index >= 15 is 0 Å². The van der Waals surface area contributed by atoms with Crippen molar-refractivity contribution in [2.45, 2.75) is 89.0 Å². The second-order valence-corrected chi connectivity index (χ2v) is 8.72. The molecule has 1 aromatic rings. The van der Waals surface area contributed by atoms with E-state index in [-0.39, 0.29) is 23.6 Å². The zero-order chi connectivity index (χ0) is 19.5. The van der Waals surface area contributed by atoms with Crippen molar-refractivity contribution >= 4 is 17.7 Å². The lowest BCUT2D eigenvalue weighted by Crippen LogP contribution is -2.30. The third-order valence-corrected chi connectivity index (χ3v) is 6.40. The van der Waals surface area contributed by atoms with Crippen LogP contribution >= 0.6 is 11.8 Å². The van der Waals surface area contributed by atoms with Crippen molar-refractivity contribution < 1.29 is 15.0 Å². The molecular formula is C21H36N2O3S. The summed E-state index contributed by atoms with van der Waals surface area (Å²) in [7, 11) is 0. The number of aromatic nitrogens is 1. The summed E-state index contributed by atoms with van der Waals surface area (Å²) in [5, 5.41) is 23.4. The van der Waals surface area contributed by atoms with Gasteiger partial charge in [0.15, 0.2) is 5.88 Å². The van der Waals surface area contributed by atoms with Crippen LogP contribution in [-0.2, 0) is 11.3 Å². The Morgan fingerprint density at radius 2 is 1.81 bits per heavy atom. The average Bonchev–Trinajstić information content (AvgIpc) is 3.28. The van der Waals surface area contributed by atoms with Gasteiger partial charge in [-0.05, 0) is 19.3 Å². The molecule has 1 aliphatic carbocycles. The van der Waals surface area contributed by atoms with E-state index in [0.29, 0.717) is 23.7 Å². The van der Waals surface area contributed by atoms with Crippen LogP contribution in [0.15, 0.2) is 11.0 Å². The first-order chi connectivity index (χ1) is 13.1. The van der Waals surface area contributed by atoms with Gasteiger partial charge in [0.1, 0.15) is 0 Å². The van der Waals surface area contributed by atoms with Crippen molar-refractivity contribution in [2.24, 2.45) is 5.92 Å². The summed E-state index contributed by atoms with van der Waals surface area (Å²) in [4.78, 5) is 12.7. The van der Waals surface area contributed by atoms with Crippen LogP contribution in [0.2, 0.25) is 0 Å². The van der Waals surface area contributed by atoms with Crippen molar-refractivity contribution in [3.63, 3.8) is 0 Å². The van der Waals surface area contributed by atoms with Gasteiger partial charge < -0.3 is 15.5 Å². The van der Waals surface area contributed by atoms with Crippen molar-refractivity contribution in [1.82, 2.24) is 9.88 Å². The molecule has 1 fully saturated rings. The highest BCUT2D eigenvalue weighted by Crippen LogP contribution is 2.35. The summed E-state index contributed by atoms with van der Waals surface area (Å²) >= 11 is 1.47. The standard InChI is InChI=1S/C21H36N2O3S/c1-2-3-4-5-6-7-10-14-23-19(24)16-18(21(23)26)27-15-13-22-20(25)17-11-8-9-12-17/h16-17,24,26H,2-15H2,1H3,(H,22,25). The van der Waals surface area contributed by atoms with Crippen LogP contribution in [0.25, 0.3) is 0 Å². The summed E-state index contributed by atoms with van der Waals surface area (Å²) in [5.41, 5.74) is 0. The van der Waals surface area contributed by atoms with E-state index in [1.807, 2.05) is 0 Å². The van der Waals surface area contributed by atoms with Crippen LogP contribution in [0.3, 0.4) is 0 Å². The van der Waals surface area contributed by atoms with E-state index in [2.05, 4.69) is 12.2 Å². The number of carbonyl (C=O) groups excluding carboxylic acids is 1. The van der Waals surface area contributed by atoms with Crippen LogP contribution in [0, 0.1) is 5.92 Å². The molecule has 154 valence electrons. The zero-order valence-electron chi connectivity index (χ0n) is 16.7. The molecule has 0 radical (unpaired) electrons. The summed E-state index contributed by atoms with van der Waals surface area (Å²) in [6.07, 6.45) is 12.8. The average molecular weight is 397 g/mol. The quantitative estimate of drug-likeness (QED) is 0.322. The van der Waals surface area contributed by atoms with Crippen LogP contribution in [-0.4, -0.2) is 33.0 Å². The third-order valence-electron chi connectivity index (χ3n) is 5.38. The second-order valence-electron chi connectivity index (χ2n) is 7.58. The van der Waals surface area contributed by atoms with E-state index in [1.54, 1.807) is 10.6 Å². The van der Waals surface area contributed by atoms with Crippen molar-refractivity contribution in [2.75, 3.05) is 12.3 Å². The normalized spacial score (nSPS) is 14.7. The smallest absolute Gasteiger partial charge is 0.223 e. The number of aromatic hydroxyl groups is 2. The molecule has 1 aliphatic rings. The molecular weight excluding hydrogens is 360 g/mol. The summed E-state index contributed by atoms with van der Waals surface area (Å²) in [5.74, 6) is 1.31. The van der Waals surface area contributed by atoms with Gasteiger partial charge in [0.2, 0.25) is 11.8 Å². The largest absolute Gasteiger partial charge is 0.494 e. The Morgan fingerprint density at radius 1 is 1.15 bits per heavy atom. The number of nitrogens with one attached hydrogen (secondary N) is 1. The minimum absolute atomic E-state index is 0.121. The first-order valence-electron chi connectivity index (χ1n) is 10.7. The van der Waals surface area contributed by atoms with Crippen molar-refractivity contribution in [1.29, 1.82) is 0 Å². The molecule has 27 heavy (non-hydrogen) atoms. The molecule has 0 aliphatic heterocycles. The van der Waals surface area contributed by atoms with E-state index in [1.165, 1.54) is 43.9 Å². The highest BCUT2D eigenvalue weighted by atomic mass is 32.2. The molecule has 2 rings (SSSR count). The molecule has 0 spiro atoms. The van der Waals surface area contributed by atoms with Gasteiger partial charge >= 0.3 is 0 Å². The molecule has 6 heteroatoms. The van der Waals surface area contributed by atoms with E-state index in [0.717, 1.165) is 38.5 Å². The number of thioether (sulfide) groups is 1. The summed E-state index contributed by atoms with van der Waals surface area (Å²) < 4.78 is 1.59. The Hall–Kier alpha value is -1.30. The van der Waals surface area contributed by atoms with Gasteiger partial charge in [-0.25, -0.2) is 0 Å². The fourth-order valence-electron chi connectivity index (χ4n) is 3.72. The predicted molar refractivity (Wildman–Crippen MR) is 111 cm³/mol.